The van der Waals surface area contributed by atoms with Crippen LogP contribution in [0.4, 0.5) is 0 Å². The summed E-state index contributed by atoms with van der Waals surface area (Å²) in [5.41, 5.74) is 4.69. The van der Waals surface area contributed by atoms with Gasteiger partial charge in [-0.2, -0.15) is 5.26 Å². The van der Waals surface area contributed by atoms with Crippen LogP contribution in [0.5, 0.6) is 0 Å². The third kappa shape index (κ3) is 4.08. The predicted octanol–water partition coefficient (Wildman–Crippen LogP) is 5.22. The summed E-state index contributed by atoms with van der Waals surface area (Å²) in [6.07, 6.45) is 4.54. The fourth-order valence-electron chi connectivity index (χ4n) is 5.84. The lowest BCUT2D eigenvalue weighted by Gasteiger charge is -2.36. The van der Waals surface area contributed by atoms with E-state index in [4.69, 9.17) is 16.9 Å². The Hall–Kier alpha value is -2.65. The molecule has 2 bridgehead atoms. The minimum atomic E-state index is -0.241. The van der Waals surface area contributed by atoms with E-state index < -0.39 is 0 Å². The second kappa shape index (κ2) is 8.95. The van der Waals surface area contributed by atoms with Gasteiger partial charge in [-0.3, -0.25) is 9.69 Å². The minimum Gasteiger partial charge on any atom is -0.393 e. The van der Waals surface area contributed by atoms with Crippen molar-refractivity contribution in [1.29, 1.82) is 5.26 Å². The number of hydrogen-bond acceptors (Lipinski definition) is 4. The van der Waals surface area contributed by atoms with Gasteiger partial charge in [0.05, 0.1) is 24.2 Å². The Bertz CT molecular complexity index is 1230. The van der Waals surface area contributed by atoms with E-state index in [2.05, 4.69) is 21.6 Å². The average molecular weight is 462 g/mol. The number of ketones is 1. The molecule has 2 aromatic carbocycles. The zero-order valence-electron chi connectivity index (χ0n) is 18.8. The quantitative estimate of drug-likeness (QED) is 0.511. The summed E-state index contributed by atoms with van der Waals surface area (Å²) in [5, 5.41) is 20.8. The molecule has 6 heteroatoms. The Morgan fingerprint density at radius 2 is 1.85 bits per heavy atom. The maximum Gasteiger partial charge on any atom is 0.179 e. The molecule has 170 valence electrons. The number of rotatable bonds is 6. The topological polar surface area (TPSA) is 69.3 Å². The second-order valence-electron chi connectivity index (χ2n) is 9.39. The van der Waals surface area contributed by atoms with Crippen molar-refractivity contribution in [2.45, 2.75) is 63.6 Å². The number of fused-ring (bicyclic) bond motifs is 3. The zero-order chi connectivity index (χ0) is 23.1. The molecule has 2 saturated heterocycles. The van der Waals surface area contributed by atoms with Gasteiger partial charge in [-0.15, -0.1) is 0 Å². The largest absolute Gasteiger partial charge is 0.393 e. The Morgan fingerprint density at radius 3 is 2.52 bits per heavy atom. The molecule has 0 aliphatic carbocycles. The number of hydrogen-bond donors (Lipinski definition) is 1. The normalized spacial score (nSPS) is 22.5. The van der Waals surface area contributed by atoms with Crippen molar-refractivity contribution >= 4 is 28.3 Å². The van der Waals surface area contributed by atoms with E-state index in [9.17, 15) is 9.90 Å². The van der Waals surface area contributed by atoms with E-state index in [0.717, 1.165) is 59.1 Å². The van der Waals surface area contributed by atoms with Crippen LogP contribution >= 0.6 is 11.6 Å². The average Bonchev–Trinajstić information content (AvgIpc) is 3.21. The molecule has 2 aliphatic rings. The van der Waals surface area contributed by atoms with Crippen molar-refractivity contribution < 1.29 is 9.90 Å². The number of aromatic nitrogens is 1. The highest BCUT2D eigenvalue weighted by Gasteiger charge is 2.41. The Kier molecular flexibility index (Phi) is 6.01. The number of nitriles is 1. The first kappa shape index (κ1) is 22.2. The standard InChI is InChI=1S/C27H28ClN3O2/c1-17-27(26(33)16-30-21-9-10-22(30)15-23(32)14-21)24-11-4-18(3-2-12-29)13-25(24)31(17)20-7-5-19(28)6-8-20/h4-8,11,13,21-23,32H,2-3,9-10,14-16H2,1H3/t21-,22+,23+. The Morgan fingerprint density at radius 1 is 1.15 bits per heavy atom. The smallest absolute Gasteiger partial charge is 0.179 e. The van der Waals surface area contributed by atoms with Gasteiger partial charge in [0, 0.05) is 45.9 Å². The van der Waals surface area contributed by atoms with Crippen molar-refractivity contribution in [2.24, 2.45) is 0 Å². The first-order valence-electron chi connectivity index (χ1n) is 11.7. The van der Waals surface area contributed by atoms with Crippen LogP contribution in [0, 0.1) is 18.3 Å². The molecule has 5 nitrogen and oxygen atoms in total. The fourth-order valence-corrected chi connectivity index (χ4v) is 5.97. The van der Waals surface area contributed by atoms with Crippen LogP contribution in [-0.2, 0) is 6.42 Å². The molecule has 2 fully saturated rings. The maximum absolute atomic E-state index is 13.7. The van der Waals surface area contributed by atoms with Gasteiger partial charge in [0.15, 0.2) is 5.78 Å². The molecule has 0 amide bonds. The molecule has 0 saturated carbocycles. The number of carbonyl (C=O) groups is 1. The molecule has 33 heavy (non-hydrogen) atoms. The number of benzene rings is 2. The van der Waals surface area contributed by atoms with Gasteiger partial charge in [0.25, 0.3) is 0 Å². The summed E-state index contributed by atoms with van der Waals surface area (Å²) in [4.78, 5) is 16.0. The van der Waals surface area contributed by atoms with E-state index in [0.29, 0.717) is 36.5 Å². The monoisotopic (exact) mass is 461 g/mol. The summed E-state index contributed by atoms with van der Waals surface area (Å²) < 4.78 is 2.13. The molecule has 2 aliphatic heterocycles. The molecule has 3 heterocycles. The van der Waals surface area contributed by atoms with E-state index in [1.807, 2.05) is 43.3 Å². The van der Waals surface area contributed by atoms with Gasteiger partial charge >= 0.3 is 0 Å². The molecule has 0 radical (unpaired) electrons. The molecular formula is C27H28ClN3O2. The van der Waals surface area contributed by atoms with Gasteiger partial charge in [0.2, 0.25) is 0 Å². The van der Waals surface area contributed by atoms with Crippen LogP contribution in [0.25, 0.3) is 16.6 Å². The maximum atomic E-state index is 13.7. The van der Waals surface area contributed by atoms with Gasteiger partial charge in [0.1, 0.15) is 0 Å². The van der Waals surface area contributed by atoms with Gasteiger partial charge < -0.3 is 9.67 Å². The molecule has 5 rings (SSSR count). The number of aliphatic hydroxyl groups excluding tert-OH is 1. The lowest BCUT2D eigenvalue weighted by Crippen LogP contribution is -2.46. The molecule has 0 unspecified atom stereocenters. The number of piperidine rings is 1. The van der Waals surface area contributed by atoms with Crippen LogP contribution in [-0.4, -0.2) is 45.1 Å². The summed E-state index contributed by atoms with van der Waals surface area (Å²) in [7, 11) is 0. The number of Topliss-reactive ketones (excluding diaryl/α,β-unsaturated/α-hetero) is 1. The summed E-state index contributed by atoms with van der Waals surface area (Å²) in [6, 6.07) is 16.6. The predicted molar refractivity (Wildman–Crippen MR) is 130 cm³/mol. The minimum absolute atomic E-state index is 0.128. The summed E-state index contributed by atoms with van der Waals surface area (Å²) >= 11 is 6.13. The second-order valence-corrected chi connectivity index (χ2v) is 9.82. The number of carbonyl (C=O) groups excluding carboxylic acids is 1. The molecule has 1 N–H and O–H groups in total. The number of aryl methyl sites for hydroxylation is 1. The van der Waals surface area contributed by atoms with Crippen LogP contribution in [0.15, 0.2) is 42.5 Å². The Labute approximate surface area is 199 Å². The first-order valence-corrected chi connectivity index (χ1v) is 12.1. The SMILES string of the molecule is Cc1c(C(=O)CN2[C@@H]3CC[C@H]2C[C@@H](O)C3)c2ccc(CCC#N)cc2n1-c1ccc(Cl)cc1. The molecule has 3 atom stereocenters. The fraction of sp³-hybridized carbons (Fsp3) is 0.407. The number of halogens is 1. The summed E-state index contributed by atoms with van der Waals surface area (Å²) in [5.74, 6) is 0.128. The summed E-state index contributed by atoms with van der Waals surface area (Å²) in [6.45, 7) is 2.39. The van der Waals surface area contributed by atoms with E-state index in [-0.39, 0.29) is 11.9 Å². The Balaban J connectivity index is 1.57. The molecule has 1 aromatic heterocycles. The van der Waals surface area contributed by atoms with Gasteiger partial charge in [-0.1, -0.05) is 23.7 Å². The van der Waals surface area contributed by atoms with Crippen LogP contribution in [0.1, 0.15) is 53.7 Å². The first-order chi connectivity index (χ1) is 16.0. The molecule has 0 spiro atoms. The zero-order valence-corrected chi connectivity index (χ0v) is 19.6. The highest BCUT2D eigenvalue weighted by molar-refractivity contribution is 6.30. The number of nitrogens with zero attached hydrogens (tertiary/aromatic N) is 3. The van der Waals surface area contributed by atoms with E-state index in [1.165, 1.54) is 0 Å². The van der Waals surface area contributed by atoms with Gasteiger partial charge in [-0.05, 0) is 74.9 Å². The highest BCUT2D eigenvalue weighted by Crippen LogP contribution is 2.37. The lowest BCUT2D eigenvalue weighted by molar-refractivity contribution is 0.0344. The van der Waals surface area contributed by atoms with Crippen molar-refractivity contribution in [1.82, 2.24) is 9.47 Å². The van der Waals surface area contributed by atoms with E-state index in [1.54, 1.807) is 0 Å². The van der Waals surface area contributed by atoms with Crippen molar-refractivity contribution in [3.8, 4) is 11.8 Å². The van der Waals surface area contributed by atoms with Crippen LogP contribution in [0.3, 0.4) is 0 Å². The third-order valence-electron chi connectivity index (χ3n) is 7.34. The van der Waals surface area contributed by atoms with Crippen molar-refractivity contribution in [2.75, 3.05) is 6.54 Å². The van der Waals surface area contributed by atoms with E-state index >= 15 is 0 Å². The lowest BCUT2D eigenvalue weighted by atomic mass is 9.98. The van der Waals surface area contributed by atoms with Gasteiger partial charge in [-0.25, -0.2) is 0 Å². The highest BCUT2D eigenvalue weighted by atomic mass is 35.5. The van der Waals surface area contributed by atoms with Crippen molar-refractivity contribution in [3.63, 3.8) is 0 Å². The van der Waals surface area contributed by atoms with Crippen molar-refractivity contribution in [3.05, 3.63) is 64.3 Å². The third-order valence-corrected chi connectivity index (χ3v) is 7.60. The van der Waals surface area contributed by atoms with Crippen LogP contribution in [0.2, 0.25) is 5.02 Å². The molecule has 3 aromatic rings. The number of aliphatic hydroxyl groups is 1. The molecular weight excluding hydrogens is 434 g/mol. The van der Waals surface area contributed by atoms with Crippen LogP contribution < -0.4 is 0 Å².